The molecule has 114 valence electrons. The van der Waals surface area contributed by atoms with Gasteiger partial charge in [-0.15, -0.1) is 0 Å². The Bertz CT molecular complexity index is 936. The molecular weight excluding hydrogens is 296 g/mol. The molecule has 1 heterocycles. The van der Waals surface area contributed by atoms with Gasteiger partial charge < -0.3 is 5.32 Å². The lowest BCUT2D eigenvalue weighted by atomic mass is 9.83. The maximum absolute atomic E-state index is 13.6. The molecule has 1 amide bonds. The molecule has 1 N–H and O–H groups in total. The average molecular weight is 309 g/mol. The number of carbonyl (C=O) groups excluding carboxylic acids is 1. The van der Waals surface area contributed by atoms with Crippen molar-refractivity contribution in [1.29, 1.82) is 0 Å². The van der Waals surface area contributed by atoms with E-state index in [4.69, 9.17) is 0 Å². The van der Waals surface area contributed by atoms with Gasteiger partial charge in [0.05, 0.1) is 5.69 Å². The van der Waals surface area contributed by atoms with E-state index in [1.807, 2.05) is 36.4 Å². The normalized spacial score (nSPS) is 17.0. The topological polar surface area (TPSA) is 29.1 Å². The zero-order valence-corrected chi connectivity index (χ0v) is 12.1. The summed E-state index contributed by atoms with van der Waals surface area (Å²) in [7, 11) is 0. The molecule has 1 aliphatic heterocycles. The third-order valence-corrected chi connectivity index (χ3v) is 4.34. The van der Waals surface area contributed by atoms with E-state index in [0.717, 1.165) is 28.1 Å². The second-order valence-corrected chi connectivity index (χ2v) is 5.73. The number of benzene rings is 3. The van der Waals surface area contributed by atoms with Crippen LogP contribution >= 0.6 is 0 Å². The van der Waals surface area contributed by atoms with Gasteiger partial charge in [-0.2, -0.15) is 0 Å². The van der Waals surface area contributed by atoms with Gasteiger partial charge in [0.1, 0.15) is 0 Å². The van der Waals surface area contributed by atoms with Crippen LogP contribution in [0.1, 0.15) is 23.5 Å². The van der Waals surface area contributed by atoms with E-state index in [2.05, 4.69) is 5.32 Å². The number of amides is 1. The molecule has 0 fully saturated rings. The van der Waals surface area contributed by atoms with Crippen molar-refractivity contribution in [3.63, 3.8) is 0 Å². The van der Waals surface area contributed by atoms with Gasteiger partial charge in [-0.1, -0.05) is 42.5 Å². The first kappa shape index (κ1) is 13.9. The van der Waals surface area contributed by atoms with Crippen molar-refractivity contribution in [2.75, 3.05) is 5.32 Å². The molecule has 3 aromatic carbocycles. The van der Waals surface area contributed by atoms with Crippen molar-refractivity contribution in [3.8, 4) is 0 Å². The lowest BCUT2D eigenvalue weighted by molar-refractivity contribution is -0.116. The predicted molar refractivity (Wildman–Crippen MR) is 85.4 cm³/mol. The summed E-state index contributed by atoms with van der Waals surface area (Å²) in [5.41, 5.74) is 2.29. The molecule has 2 nitrogen and oxygen atoms in total. The first-order valence-electron chi connectivity index (χ1n) is 7.40. The highest BCUT2D eigenvalue weighted by molar-refractivity contribution is 6.06. The van der Waals surface area contributed by atoms with Crippen LogP contribution in [-0.4, -0.2) is 5.91 Å². The fraction of sp³-hybridized carbons (Fsp3) is 0.105. The molecule has 0 radical (unpaired) electrons. The van der Waals surface area contributed by atoms with E-state index in [-0.39, 0.29) is 18.2 Å². The quantitative estimate of drug-likeness (QED) is 0.700. The lowest BCUT2D eigenvalue weighted by Gasteiger charge is -2.27. The van der Waals surface area contributed by atoms with Gasteiger partial charge in [0, 0.05) is 17.7 Å². The van der Waals surface area contributed by atoms with E-state index >= 15 is 0 Å². The van der Waals surface area contributed by atoms with E-state index in [1.165, 1.54) is 6.07 Å². The van der Waals surface area contributed by atoms with Crippen LogP contribution in [0.4, 0.5) is 14.5 Å². The largest absolute Gasteiger partial charge is 0.325 e. The van der Waals surface area contributed by atoms with E-state index < -0.39 is 11.6 Å². The molecule has 3 aromatic rings. The number of hydrogen-bond acceptors (Lipinski definition) is 1. The number of hydrogen-bond donors (Lipinski definition) is 1. The summed E-state index contributed by atoms with van der Waals surface area (Å²) < 4.78 is 26.8. The Morgan fingerprint density at radius 1 is 0.957 bits per heavy atom. The SMILES string of the molecule is O=C1C[C@@H](c2ccc(F)c(F)c2)c2ccc3ccccc3c2N1. The van der Waals surface area contributed by atoms with Gasteiger partial charge in [0.15, 0.2) is 11.6 Å². The molecule has 0 unspecified atom stereocenters. The first-order valence-corrected chi connectivity index (χ1v) is 7.40. The summed E-state index contributed by atoms with van der Waals surface area (Å²) in [4.78, 5) is 12.1. The van der Waals surface area contributed by atoms with Crippen LogP contribution in [0.2, 0.25) is 0 Å². The fourth-order valence-electron chi connectivity index (χ4n) is 3.23. The zero-order valence-electron chi connectivity index (χ0n) is 12.1. The Morgan fingerprint density at radius 3 is 2.61 bits per heavy atom. The Balaban J connectivity index is 1.92. The molecule has 0 aliphatic carbocycles. The van der Waals surface area contributed by atoms with Crippen molar-refractivity contribution < 1.29 is 13.6 Å². The molecule has 23 heavy (non-hydrogen) atoms. The smallest absolute Gasteiger partial charge is 0.225 e. The molecule has 0 spiro atoms. The van der Waals surface area contributed by atoms with Crippen LogP contribution in [0.15, 0.2) is 54.6 Å². The van der Waals surface area contributed by atoms with Gasteiger partial charge in [0.25, 0.3) is 0 Å². The molecular formula is C19H13F2NO. The van der Waals surface area contributed by atoms with Gasteiger partial charge in [-0.3, -0.25) is 4.79 Å². The summed E-state index contributed by atoms with van der Waals surface area (Å²) in [6.07, 6.45) is 0.219. The summed E-state index contributed by atoms with van der Waals surface area (Å²) in [5.74, 6) is -2.18. The number of anilines is 1. The summed E-state index contributed by atoms with van der Waals surface area (Å²) in [6, 6.07) is 15.5. The minimum atomic E-state index is -0.893. The molecule has 4 heteroatoms. The number of halogens is 2. The molecule has 4 rings (SSSR count). The van der Waals surface area contributed by atoms with Gasteiger partial charge in [-0.25, -0.2) is 8.78 Å². The second-order valence-electron chi connectivity index (χ2n) is 5.73. The number of carbonyl (C=O) groups is 1. The number of nitrogens with one attached hydrogen (secondary N) is 1. The van der Waals surface area contributed by atoms with E-state index in [1.54, 1.807) is 6.07 Å². The average Bonchev–Trinajstić information content (AvgIpc) is 2.56. The summed E-state index contributed by atoms with van der Waals surface area (Å²) in [5, 5.41) is 4.90. The summed E-state index contributed by atoms with van der Waals surface area (Å²) in [6.45, 7) is 0. The highest BCUT2D eigenvalue weighted by atomic mass is 19.2. The Kier molecular flexibility index (Phi) is 3.11. The van der Waals surface area contributed by atoms with Crippen molar-refractivity contribution in [3.05, 3.63) is 77.4 Å². The second kappa shape index (κ2) is 5.16. The highest BCUT2D eigenvalue weighted by Crippen LogP contribution is 2.41. The standard InChI is InChI=1S/C19H13F2NO/c20-16-8-6-12(9-17(16)21)15-10-18(23)22-19-13-4-2-1-3-11(13)5-7-14(15)19/h1-9,15H,10H2,(H,22,23)/t15-/m0/s1. The lowest BCUT2D eigenvalue weighted by Crippen LogP contribution is -2.23. The number of rotatable bonds is 1. The first-order chi connectivity index (χ1) is 11.1. The van der Waals surface area contributed by atoms with Gasteiger partial charge in [-0.05, 0) is 28.6 Å². The van der Waals surface area contributed by atoms with Gasteiger partial charge >= 0.3 is 0 Å². The number of fused-ring (bicyclic) bond motifs is 3. The van der Waals surface area contributed by atoms with Gasteiger partial charge in [0.2, 0.25) is 5.91 Å². The van der Waals surface area contributed by atoms with Crippen LogP contribution in [0.5, 0.6) is 0 Å². The maximum Gasteiger partial charge on any atom is 0.225 e. The predicted octanol–water partition coefficient (Wildman–Crippen LogP) is 4.59. The van der Waals surface area contributed by atoms with E-state index in [0.29, 0.717) is 5.56 Å². The van der Waals surface area contributed by atoms with Crippen LogP contribution in [0.3, 0.4) is 0 Å². The Morgan fingerprint density at radius 2 is 1.78 bits per heavy atom. The van der Waals surface area contributed by atoms with Crippen LogP contribution in [-0.2, 0) is 4.79 Å². The van der Waals surface area contributed by atoms with Crippen molar-refractivity contribution >= 4 is 22.4 Å². The van der Waals surface area contributed by atoms with Crippen LogP contribution < -0.4 is 5.32 Å². The third-order valence-electron chi connectivity index (χ3n) is 4.34. The summed E-state index contributed by atoms with van der Waals surface area (Å²) >= 11 is 0. The highest BCUT2D eigenvalue weighted by Gasteiger charge is 2.28. The van der Waals surface area contributed by atoms with Crippen LogP contribution in [0.25, 0.3) is 10.8 Å². The minimum Gasteiger partial charge on any atom is -0.325 e. The molecule has 1 atom stereocenters. The Labute approximate surface area is 131 Å². The molecule has 1 aliphatic rings. The van der Waals surface area contributed by atoms with Crippen LogP contribution in [0, 0.1) is 11.6 Å². The van der Waals surface area contributed by atoms with Crippen molar-refractivity contribution in [2.45, 2.75) is 12.3 Å². The maximum atomic E-state index is 13.6. The molecule has 0 saturated heterocycles. The molecule has 0 saturated carbocycles. The monoisotopic (exact) mass is 309 g/mol. The van der Waals surface area contributed by atoms with Crippen molar-refractivity contribution in [2.24, 2.45) is 0 Å². The molecule has 0 bridgehead atoms. The fourth-order valence-corrected chi connectivity index (χ4v) is 3.23. The van der Waals surface area contributed by atoms with E-state index in [9.17, 15) is 13.6 Å². The third kappa shape index (κ3) is 2.27. The Hall–Kier alpha value is -2.75. The minimum absolute atomic E-state index is 0.122. The zero-order chi connectivity index (χ0) is 16.0. The van der Waals surface area contributed by atoms with Crippen molar-refractivity contribution in [1.82, 2.24) is 0 Å². The molecule has 0 aromatic heterocycles.